The zero-order valence-electron chi connectivity index (χ0n) is 10.7. The highest BCUT2D eigenvalue weighted by Crippen LogP contribution is 2.27. The minimum Gasteiger partial charge on any atom is -0.478 e. The molecule has 104 valence electrons. The lowest BCUT2D eigenvalue weighted by atomic mass is 10.0. The van der Waals surface area contributed by atoms with Gasteiger partial charge in [0.25, 0.3) is 0 Å². The minimum atomic E-state index is -1.11. The van der Waals surface area contributed by atoms with Gasteiger partial charge in [0, 0.05) is 15.4 Å². The fourth-order valence-corrected chi connectivity index (χ4v) is 2.57. The van der Waals surface area contributed by atoms with Gasteiger partial charge in [-0.25, -0.2) is 14.2 Å². The van der Waals surface area contributed by atoms with E-state index in [-0.39, 0.29) is 5.56 Å². The van der Waals surface area contributed by atoms with Crippen molar-refractivity contribution in [3.8, 4) is 11.3 Å². The molecule has 3 nitrogen and oxygen atoms in total. The van der Waals surface area contributed by atoms with Gasteiger partial charge in [-0.1, -0.05) is 28.1 Å². The van der Waals surface area contributed by atoms with Crippen LogP contribution in [0, 0.1) is 5.82 Å². The summed E-state index contributed by atoms with van der Waals surface area (Å²) in [4.78, 5) is 15.8. The molecular weight excluding hydrogens is 337 g/mol. The summed E-state index contributed by atoms with van der Waals surface area (Å²) >= 11 is 3.37. The first kappa shape index (κ1) is 13.7. The van der Waals surface area contributed by atoms with E-state index < -0.39 is 11.8 Å². The van der Waals surface area contributed by atoms with E-state index in [1.165, 1.54) is 24.3 Å². The topological polar surface area (TPSA) is 50.2 Å². The van der Waals surface area contributed by atoms with Gasteiger partial charge in [0.1, 0.15) is 5.82 Å². The van der Waals surface area contributed by atoms with Crippen molar-refractivity contribution in [2.24, 2.45) is 0 Å². The van der Waals surface area contributed by atoms with Gasteiger partial charge in [-0.3, -0.25) is 0 Å². The maximum atomic E-state index is 13.3. The summed E-state index contributed by atoms with van der Waals surface area (Å²) in [6.07, 6.45) is 0. The molecule has 21 heavy (non-hydrogen) atoms. The molecule has 1 aromatic heterocycles. The van der Waals surface area contributed by atoms with Crippen molar-refractivity contribution in [3.05, 3.63) is 64.4 Å². The number of rotatable bonds is 2. The molecule has 0 aliphatic carbocycles. The Kier molecular flexibility index (Phi) is 3.43. The van der Waals surface area contributed by atoms with Crippen molar-refractivity contribution in [2.75, 3.05) is 0 Å². The lowest BCUT2D eigenvalue weighted by Gasteiger charge is -2.07. The van der Waals surface area contributed by atoms with Crippen LogP contribution < -0.4 is 0 Å². The minimum absolute atomic E-state index is 0.0366. The molecular formula is C16H9BrFNO2. The second-order valence-corrected chi connectivity index (χ2v) is 5.45. The summed E-state index contributed by atoms with van der Waals surface area (Å²) in [5.74, 6) is -1.59. The van der Waals surface area contributed by atoms with E-state index in [4.69, 9.17) is 0 Å². The van der Waals surface area contributed by atoms with Gasteiger partial charge in [-0.15, -0.1) is 0 Å². The summed E-state index contributed by atoms with van der Waals surface area (Å²) in [6, 6.07) is 12.8. The number of carboxylic acid groups (broad SMARTS) is 1. The number of hydrogen-bond donors (Lipinski definition) is 1. The summed E-state index contributed by atoms with van der Waals surface area (Å²) in [6.45, 7) is 0. The highest BCUT2D eigenvalue weighted by Gasteiger charge is 2.13. The van der Waals surface area contributed by atoms with Crippen molar-refractivity contribution in [1.82, 2.24) is 4.98 Å². The standard InChI is InChI=1S/C16H9BrFNO2/c17-10-3-1-2-9(6-10)15-8-13(16(20)21)12-7-11(18)4-5-14(12)19-15/h1-8H,(H,20,21). The zero-order chi connectivity index (χ0) is 15.0. The van der Waals surface area contributed by atoms with Crippen LogP contribution in [0.4, 0.5) is 4.39 Å². The predicted octanol–water partition coefficient (Wildman–Crippen LogP) is 4.50. The predicted molar refractivity (Wildman–Crippen MR) is 81.8 cm³/mol. The smallest absolute Gasteiger partial charge is 0.336 e. The van der Waals surface area contributed by atoms with Crippen LogP contribution in [0.2, 0.25) is 0 Å². The summed E-state index contributed by atoms with van der Waals surface area (Å²) < 4.78 is 14.2. The van der Waals surface area contributed by atoms with Crippen LogP contribution in [0.15, 0.2) is 53.0 Å². The molecule has 0 radical (unpaired) electrons. The average Bonchev–Trinajstić information content (AvgIpc) is 2.46. The normalized spacial score (nSPS) is 10.8. The number of carbonyl (C=O) groups is 1. The third-order valence-electron chi connectivity index (χ3n) is 3.12. The van der Waals surface area contributed by atoms with E-state index in [9.17, 15) is 14.3 Å². The highest BCUT2D eigenvalue weighted by molar-refractivity contribution is 9.10. The highest BCUT2D eigenvalue weighted by atomic mass is 79.9. The maximum absolute atomic E-state index is 13.3. The van der Waals surface area contributed by atoms with Gasteiger partial charge in [0.05, 0.1) is 16.8 Å². The Bertz CT molecular complexity index is 864. The van der Waals surface area contributed by atoms with Crippen LogP contribution in [-0.2, 0) is 0 Å². The molecule has 1 N–H and O–H groups in total. The molecule has 3 rings (SSSR count). The van der Waals surface area contributed by atoms with E-state index in [1.807, 2.05) is 24.3 Å². The molecule has 5 heteroatoms. The Balaban J connectivity index is 2.31. The first-order chi connectivity index (χ1) is 10.0. The van der Waals surface area contributed by atoms with Crippen LogP contribution in [0.25, 0.3) is 22.2 Å². The summed E-state index contributed by atoms with van der Waals surface area (Å²) in [7, 11) is 0. The van der Waals surface area contributed by atoms with Crippen LogP contribution >= 0.6 is 15.9 Å². The van der Waals surface area contributed by atoms with E-state index in [2.05, 4.69) is 20.9 Å². The Labute approximate surface area is 128 Å². The fourth-order valence-electron chi connectivity index (χ4n) is 2.17. The Hall–Kier alpha value is -2.27. The molecule has 2 aromatic carbocycles. The quantitative estimate of drug-likeness (QED) is 0.743. The molecule has 0 bridgehead atoms. The maximum Gasteiger partial charge on any atom is 0.336 e. The van der Waals surface area contributed by atoms with Gasteiger partial charge >= 0.3 is 5.97 Å². The summed E-state index contributed by atoms with van der Waals surface area (Å²) in [5, 5.41) is 9.63. The molecule has 0 unspecified atom stereocenters. The van der Waals surface area contributed by atoms with Gasteiger partial charge in [-0.2, -0.15) is 0 Å². The lowest BCUT2D eigenvalue weighted by molar-refractivity contribution is 0.0699. The number of aromatic carboxylic acids is 1. The van der Waals surface area contributed by atoms with Crippen LogP contribution in [-0.4, -0.2) is 16.1 Å². The van der Waals surface area contributed by atoms with Gasteiger partial charge in [0.2, 0.25) is 0 Å². The number of fused-ring (bicyclic) bond motifs is 1. The van der Waals surface area contributed by atoms with Crippen molar-refractivity contribution in [3.63, 3.8) is 0 Å². The second kappa shape index (κ2) is 5.26. The molecule has 1 heterocycles. The third kappa shape index (κ3) is 2.64. The Morgan fingerprint density at radius 2 is 1.95 bits per heavy atom. The zero-order valence-corrected chi connectivity index (χ0v) is 12.3. The summed E-state index contributed by atoms with van der Waals surface area (Å²) in [5.41, 5.74) is 1.81. The number of benzene rings is 2. The molecule has 0 atom stereocenters. The van der Waals surface area contributed by atoms with Gasteiger partial charge < -0.3 is 5.11 Å². The number of nitrogens with zero attached hydrogens (tertiary/aromatic N) is 1. The molecule has 0 fully saturated rings. The first-order valence-electron chi connectivity index (χ1n) is 6.14. The SMILES string of the molecule is O=C(O)c1cc(-c2cccc(Br)c2)nc2ccc(F)cc12. The Morgan fingerprint density at radius 1 is 1.14 bits per heavy atom. The molecule has 0 saturated heterocycles. The molecule has 0 saturated carbocycles. The van der Waals surface area contributed by atoms with Crippen LogP contribution in [0.3, 0.4) is 0 Å². The number of pyridine rings is 1. The molecule has 0 aliphatic heterocycles. The van der Waals surface area contributed by atoms with Crippen molar-refractivity contribution in [2.45, 2.75) is 0 Å². The number of hydrogen-bond acceptors (Lipinski definition) is 2. The monoisotopic (exact) mass is 345 g/mol. The van der Waals surface area contributed by atoms with Crippen molar-refractivity contribution >= 4 is 32.8 Å². The van der Waals surface area contributed by atoms with Crippen LogP contribution in [0.1, 0.15) is 10.4 Å². The second-order valence-electron chi connectivity index (χ2n) is 4.53. The molecule has 0 aliphatic rings. The molecule has 3 aromatic rings. The van der Waals surface area contributed by atoms with E-state index in [1.54, 1.807) is 0 Å². The van der Waals surface area contributed by atoms with E-state index in [0.717, 1.165) is 10.0 Å². The number of aromatic nitrogens is 1. The lowest BCUT2D eigenvalue weighted by Crippen LogP contribution is -2.00. The van der Waals surface area contributed by atoms with E-state index >= 15 is 0 Å². The fraction of sp³-hybridized carbons (Fsp3) is 0. The first-order valence-corrected chi connectivity index (χ1v) is 6.93. The van der Waals surface area contributed by atoms with E-state index in [0.29, 0.717) is 16.6 Å². The Morgan fingerprint density at radius 3 is 2.67 bits per heavy atom. The van der Waals surface area contributed by atoms with Crippen molar-refractivity contribution in [1.29, 1.82) is 0 Å². The van der Waals surface area contributed by atoms with Gasteiger partial charge in [-0.05, 0) is 36.4 Å². The van der Waals surface area contributed by atoms with Gasteiger partial charge in [0.15, 0.2) is 0 Å². The number of carboxylic acids is 1. The van der Waals surface area contributed by atoms with Crippen LogP contribution in [0.5, 0.6) is 0 Å². The largest absolute Gasteiger partial charge is 0.478 e. The average molecular weight is 346 g/mol. The van der Waals surface area contributed by atoms with Crippen molar-refractivity contribution < 1.29 is 14.3 Å². The molecule has 0 amide bonds. The number of halogens is 2. The molecule has 0 spiro atoms. The third-order valence-corrected chi connectivity index (χ3v) is 3.61.